The van der Waals surface area contributed by atoms with E-state index in [4.69, 9.17) is 0 Å². The first-order valence-corrected chi connectivity index (χ1v) is 4.58. The molecule has 0 N–H and O–H groups in total. The SMILES string of the molecule is COC(=O)C#Cc1c(F)cc(Br)cc1F. The van der Waals surface area contributed by atoms with Gasteiger partial charge in [0, 0.05) is 10.4 Å². The fourth-order valence-electron chi connectivity index (χ4n) is 0.826. The van der Waals surface area contributed by atoms with E-state index in [-0.39, 0.29) is 4.47 Å². The van der Waals surface area contributed by atoms with Crippen LogP contribution in [0.1, 0.15) is 5.56 Å². The number of carbonyl (C=O) groups excluding carboxylic acids is 1. The summed E-state index contributed by atoms with van der Waals surface area (Å²) in [4.78, 5) is 10.6. The third kappa shape index (κ3) is 3.03. The topological polar surface area (TPSA) is 26.3 Å². The van der Waals surface area contributed by atoms with Crippen LogP contribution in [0.15, 0.2) is 16.6 Å². The van der Waals surface area contributed by atoms with Crippen LogP contribution in [0.4, 0.5) is 8.78 Å². The summed E-state index contributed by atoms with van der Waals surface area (Å²) in [6.45, 7) is 0. The maximum atomic E-state index is 13.1. The monoisotopic (exact) mass is 274 g/mol. The van der Waals surface area contributed by atoms with Crippen LogP contribution in [0.5, 0.6) is 0 Å². The summed E-state index contributed by atoms with van der Waals surface area (Å²) < 4.78 is 30.8. The summed E-state index contributed by atoms with van der Waals surface area (Å²) >= 11 is 2.92. The number of carbonyl (C=O) groups is 1. The molecule has 2 nitrogen and oxygen atoms in total. The fourth-order valence-corrected chi connectivity index (χ4v) is 1.23. The van der Waals surface area contributed by atoms with E-state index in [1.165, 1.54) is 0 Å². The molecule has 15 heavy (non-hydrogen) atoms. The highest BCUT2D eigenvalue weighted by Gasteiger charge is 2.08. The third-order valence-corrected chi connectivity index (χ3v) is 1.94. The van der Waals surface area contributed by atoms with Gasteiger partial charge in [-0.2, -0.15) is 0 Å². The molecule has 0 aliphatic carbocycles. The molecule has 0 atom stereocenters. The van der Waals surface area contributed by atoms with Gasteiger partial charge in [0.1, 0.15) is 11.6 Å². The van der Waals surface area contributed by atoms with Crippen molar-refractivity contribution >= 4 is 21.9 Å². The first-order chi connectivity index (χ1) is 7.04. The lowest BCUT2D eigenvalue weighted by Crippen LogP contribution is -1.96. The molecular weight excluding hydrogens is 270 g/mol. The van der Waals surface area contributed by atoms with Gasteiger partial charge in [0.2, 0.25) is 0 Å². The number of halogens is 3. The normalized spacial score (nSPS) is 9.07. The maximum Gasteiger partial charge on any atom is 0.384 e. The molecular formula is C10H5BrF2O2. The molecule has 0 aromatic heterocycles. The Hall–Kier alpha value is -1.41. The van der Waals surface area contributed by atoms with Crippen LogP contribution in [0.3, 0.4) is 0 Å². The minimum Gasteiger partial charge on any atom is -0.459 e. The summed E-state index contributed by atoms with van der Waals surface area (Å²) in [5, 5.41) is 0. The van der Waals surface area contributed by atoms with Gasteiger partial charge >= 0.3 is 5.97 Å². The van der Waals surface area contributed by atoms with Gasteiger partial charge in [-0.15, -0.1) is 0 Å². The van der Waals surface area contributed by atoms with Crippen LogP contribution < -0.4 is 0 Å². The molecule has 5 heteroatoms. The summed E-state index contributed by atoms with van der Waals surface area (Å²) in [6, 6.07) is 2.12. The Labute approximate surface area is 93.4 Å². The predicted octanol–water partition coefficient (Wildman–Crippen LogP) is 2.25. The molecule has 0 unspecified atom stereocenters. The summed E-state index contributed by atoms with van der Waals surface area (Å²) in [7, 11) is 1.13. The van der Waals surface area contributed by atoms with Gasteiger partial charge < -0.3 is 4.74 Å². The standard InChI is InChI=1S/C10H5BrF2O2/c1-15-10(14)3-2-7-8(12)4-6(11)5-9(7)13/h4-5H,1H3. The quantitative estimate of drug-likeness (QED) is 0.536. The van der Waals surface area contributed by atoms with E-state index < -0.39 is 23.2 Å². The van der Waals surface area contributed by atoms with E-state index >= 15 is 0 Å². The predicted molar refractivity (Wildman–Crippen MR) is 53.0 cm³/mol. The zero-order valence-corrected chi connectivity index (χ0v) is 9.19. The van der Waals surface area contributed by atoms with Crippen molar-refractivity contribution in [2.45, 2.75) is 0 Å². The number of methoxy groups -OCH3 is 1. The van der Waals surface area contributed by atoms with Crippen LogP contribution in [0, 0.1) is 23.5 Å². The molecule has 0 aliphatic heterocycles. The number of ether oxygens (including phenoxy) is 1. The van der Waals surface area contributed by atoms with Crippen molar-refractivity contribution in [1.82, 2.24) is 0 Å². The number of esters is 1. The Morgan fingerprint density at radius 1 is 1.40 bits per heavy atom. The third-order valence-electron chi connectivity index (χ3n) is 1.48. The number of benzene rings is 1. The van der Waals surface area contributed by atoms with Gasteiger partial charge in [0.25, 0.3) is 0 Å². The minimum atomic E-state index is -0.850. The van der Waals surface area contributed by atoms with E-state index in [1.54, 1.807) is 0 Å². The fraction of sp³-hybridized carbons (Fsp3) is 0.100. The average Bonchev–Trinajstić information content (AvgIpc) is 2.15. The number of hydrogen-bond acceptors (Lipinski definition) is 2. The van der Waals surface area contributed by atoms with Crippen LogP contribution in [-0.4, -0.2) is 13.1 Å². The van der Waals surface area contributed by atoms with Crippen molar-refractivity contribution in [3.8, 4) is 11.8 Å². The zero-order chi connectivity index (χ0) is 11.4. The first-order valence-electron chi connectivity index (χ1n) is 3.79. The molecule has 0 saturated carbocycles. The van der Waals surface area contributed by atoms with Crippen LogP contribution >= 0.6 is 15.9 Å². The van der Waals surface area contributed by atoms with Crippen molar-refractivity contribution in [3.63, 3.8) is 0 Å². The highest BCUT2D eigenvalue weighted by atomic mass is 79.9. The molecule has 0 radical (unpaired) electrons. The Balaban J connectivity index is 3.14. The lowest BCUT2D eigenvalue weighted by Gasteiger charge is -1.97. The maximum absolute atomic E-state index is 13.1. The molecule has 0 heterocycles. The van der Waals surface area contributed by atoms with Crippen molar-refractivity contribution in [3.05, 3.63) is 33.8 Å². The van der Waals surface area contributed by atoms with E-state index in [0.717, 1.165) is 19.2 Å². The van der Waals surface area contributed by atoms with Crippen LogP contribution in [0.25, 0.3) is 0 Å². The molecule has 1 rings (SSSR count). The van der Waals surface area contributed by atoms with Crippen molar-refractivity contribution in [1.29, 1.82) is 0 Å². The highest BCUT2D eigenvalue weighted by Crippen LogP contribution is 2.18. The molecule has 0 aliphatic rings. The zero-order valence-electron chi connectivity index (χ0n) is 7.61. The molecule has 0 saturated heterocycles. The smallest absolute Gasteiger partial charge is 0.384 e. The second kappa shape index (κ2) is 4.89. The van der Waals surface area contributed by atoms with Gasteiger partial charge in [-0.1, -0.05) is 15.9 Å². The van der Waals surface area contributed by atoms with E-state index in [1.807, 2.05) is 5.92 Å². The van der Waals surface area contributed by atoms with E-state index in [0.29, 0.717) is 0 Å². The molecule has 78 valence electrons. The molecule has 0 fully saturated rings. The molecule has 0 spiro atoms. The number of rotatable bonds is 0. The van der Waals surface area contributed by atoms with Crippen molar-refractivity contribution in [2.24, 2.45) is 0 Å². The van der Waals surface area contributed by atoms with Gasteiger partial charge in [-0.3, -0.25) is 0 Å². The Kier molecular flexibility index (Phi) is 3.81. The summed E-state index contributed by atoms with van der Waals surface area (Å²) in [5.41, 5.74) is -0.455. The number of hydrogen-bond donors (Lipinski definition) is 0. The summed E-state index contributed by atoms with van der Waals surface area (Å²) in [6.07, 6.45) is 0. The van der Waals surface area contributed by atoms with E-state index in [2.05, 4.69) is 26.6 Å². The lowest BCUT2D eigenvalue weighted by atomic mass is 10.2. The van der Waals surface area contributed by atoms with Gasteiger partial charge in [0.15, 0.2) is 0 Å². The average molecular weight is 275 g/mol. The second-order valence-electron chi connectivity index (χ2n) is 2.49. The lowest BCUT2D eigenvalue weighted by molar-refractivity contribution is -0.133. The minimum absolute atomic E-state index is 0.265. The Morgan fingerprint density at radius 2 is 1.93 bits per heavy atom. The first kappa shape index (κ1) is 11.7. The van der Waals surface area contributed by atoms with Crippen molar-refractivity contribution < 1.29 is 18.3 Å². The van der Waals surface area contributed by atoms with Gasteiger partial charge in [-0.05, 0) is 18.1 Å². The largest absolute Gasteiger partial charge is 0.459 e. The van der Waals surface area contributed by atoms with Crippen LogP contribution in [-0.2, 0) is 9.53 Å². The van der Waals surface area contributed by atoms with Gasteiger partial charge in [0.05, 0.1) is 12.7 Å². The Morgan fingerprint density at radius 3 is 2.40 bits per heavy atom. The molecule has 0 amide bonds. The Bertz CT molecular complexity index is 437. The molecule has 0 bridgehead atoms. The summed E-state index contributed by atoms with van der Waals surface area (Å²) in [5.74, 6) is 1.49. The van der Waals surface area contributed by atoms with E-state index in [9.17, 15) is 13.6 Å². The van der Waals surface area contributed by atoms with Gasteiger partial charge in [-0.25, -0.2) is 13.6 Å². The second-order valence-corrected chi connectivity index (χ2v) is 3.40. The van der Waals surface area contributed by atoms with Crippen molar-refractivity contribution in [2.75, 3.05) is 7.11 Å². The highest BCUT2D eigenvalue weighted by molar-refractivity contribution is 9.10. The molecule has 1 aromatic rings. The molecule has 1 aromatic carbocycles. The van der Waals surface area contributed by atoms with Crippen LogP contribution in [0.2, 0.25) is 0 Å².